The maximum absolute atomic E-state index is 6.35. The second kappa shape index (κ2) is 9.18. The molecule has 0 radical (unpaired) electrons. The molecule has 108 valence electrons. The lowest BCUT2D eigenvalue weighted by atomic mass is 10.1. The summed E-state index contributed by atoms with van der Waals surface area (Å²) in [5, 5.41) is 4.19. The molecule has 3 nitrogen and oxygen atoms in total. The molecule has 0 aliphatic rings. The molecule has 0 saturated carbocycles. The second-order valence-electron chi connectivity index (χ2n) is 4.69. The first-order valence-corrected chi connectivity index (χ1v) is 7.26. The molecule has 1 N–H and O–H groups in total. The molecule has 4 heteroatoms. The summed E-state index contributed by atoms with van der Waals surface area (Å²) in [6.07, 6.45) is 2.37. The van der Waals surface area contributed by atoms with Crippen molar-refractivity contribution in [2.45, 2.75) is 26.3 Å². The number of unbranched alkanes of at least 4 members (excludes halogenated alkanes) is 1. The minimum atomic E-state index is 0.724. The van der Waals surface area contributed by atoms with Crippen LogP contribution in [-0.4, -0.2) is 33.9 Å². The zero-order chi connectivity index (χ0) is 14.1. The van der Waals surface area contributed by atoms with Crippen LogP contribution in [0.2, 0.25) is 5.02 Å². The highest BCUT2D eigenvalue weighted by Crippen LogP contribution is 2.29. The molecular weight excluding hydrogens is 260 g/mol. The number of anilines is 1. The van der Waals surface area contributed by atoms with Crippen LogP contribution in [0.1, 0.15) is 25.3 Å². The van der Waals surface area contributed by atoms with Gasteiger partial charge in [-0.15, -0.1) is 0 Å². The van der Waals surface area contributed by atoms with E-state index in [0.717, 1.165) is 37.0 Å². The summed E-state index contributed by atoms with van der Waals surface area (Å²) in [6, 6.07) is 6.09. The number of nitrogens with zero attached hydrogens (tertiary/aromatic N) is 1. The number of para-hydroxylation sites is 1. The predicted molar refractivity (Wildman–Crippen MR) is 83.2 cm³/mol. The van der Waals surface area contributed by atoms with Crippen LogP contribution in [-0.2, 0) is 11.3 Å². The molecule has 1 aromatic carbocycles. The van der Waals surface area contributed by atoms with Crippen LogP contribution in [0, 0.1) is 0 Å². The van der Waals surface area contributed by atoms with Gasteiger partial charge in [-0.25, -0.2) is 0 Å². The first-order valence-electron chi connectivity index (χ1n) is 6.88. The van der Waals surface area contributed by atoms with Gasteiger partial charge in [0, 0.05) is 33.8 Å². The quantitative estimate of drug-likeness (QED) is 0.704. The minimum absolute atomic E-state index is 0.724. The summed E-state index contributed by atoms with van der Waals surface area (Å²) >= 11 is 6.35. The molecule has 19 heavy (non-hydrogen) atoms. The maximum atomic E-state index is 6.35. The number of ether oxygens (including phenoxy) is 1. The van der Waals surface area contributed by atoms with Crippen molar-refractivity contribution in [1.82, 2.24) is 5.32 Å². The Labute approximate surface area is 121 Å². The van der Waals surface area contributed by atoms with E-state index in [1.165, 1.54) is 18.4 Å². The molecule has 0 spiro atoms. The van der Waals surface area contributed by atoms with Crippen molar-refractivity contribution in [1.29, 1.82) is 0 Å². The van der Waals surface area contributed by atoms with Gasteiger partial charge in [0.2, 0.25) is 0 Å². The third kappa shape index (κ3) is 5.39. The predicted octanol–water partition coefficient (Wildman–Crippen LogP) is 3.31. The van der Waals surface area contributed by atoms with E-state index in [1.54, 1.807) is 7.11 Å². The fourth-order valence-electron chi connectivity index (χ4n) is 2.03. The van der Waals surface area contributed by atoms with E-state index in [9.17, 15) is 0 Å². The zero-order valence-electron chi connectivity index (χ0n) is 12.2. The summed E-state index contributed by atoms with van der Waals surface area (Å²) in [5.41, 5.74) is 2.38. The Bertz CT molecular complexity index is 371. The fraction of sp³-hybridized carbons (Fsp3) is 0.600. The highest BCUT2D eigenvalue weighted by atomic mass is 35.5. The first-order chi connectivity index (χ1) is 9.20. The smallest absolute Gasteiger partial charge is 0.0642 e. The Morgan fingerprint density at radius 3 is 2.84 bits per heavy atom. The Kier molecular flexibility index (Phi) is 7.87. The van der Waals surface area contributed by atoms with E-state index in [2.05, 4.69) is 30.3 Å². The molecule has 1 rings (SSSR count). The van der Waals surface area contributed by atoms with Gasteiger partial charge in [0.25, 0.3) is 0 Å². The van der Waals surface area contributed by atoms with Gasteiger partial charge < -0.3 is 15.0 Å². The number of methoxy groups -OCH3 is 1. The Morgan fingerprint density at radius 2 is 2.16 bits per heavy atom. The lowest BCUT2D eigenvalue weighted by molar-refractivity contribution is 0.199. The van der Waals surface area contributed by atoms with Gasteiger partial charge in [0.15, 0.2) is 0 Å². The van der Waals surface area contributed by atoms with Crippen molar-refractivity contribution >= 4 is 17.3 Å². The van der Waals surface area contributed by atoms with Crippen LogP contribution >= 0.6 is 11.6 Å². The van der Waals surface area contributed by atoms with Gasteiger partial charge in [-0.2, -0.15) is 0 Å². The molecular formula is C15H25ClN2O. The molecule has 0 unspecified atom stereocenters. The van der Waals surface area contributed by atoms with E-state index in [4.69, 9.17) is 16.3 Å². The number of benzene rings is 1. The van der Waals surface area contributed by atoms with Crippen molar-refractivity contribution in [3.63, 3.8) is 0 Å². The molecule has 0 heterocycles. The zero-order valence-corrected chi connectivity index (χ0v) is 13.0. The minimum Gasteiger partial charge on any atom is -0.383 e. The topological polar surface area (TPSA) is 24.5 Å². The molecule has 0 fully saturated rings. The van der Waals surface area contributed by atoms with Crippen LogP contribution < -0.4 is 10.2 Å². The van der Waals surface area contributed by atoms with Gasteiger partial charge in [-0.05, 0) is 18.1 Å². The molecule has 1 aromatic rings. The monoisotopic (exact) mass is 284 g/mol. The summed E-state index contributed by atoms with van der Waals surface area (Å²) in [7, 11) is 3.82. The lowest BCUT2D eigenvalue weighted by Crippen LogP contribution is -2.23. The van der Waals surface area contributed by atoms with Gasteiger partial charge in [0.05, 0.1) is 17.3 Å². The van der Waals surface area contributed by atoms with Gasteiger partial charge >= 0.3 is 0 Å². The van der Waals surface area contributed by atoms with Crippen molar-refractivity contribution in [3.05, 3.63) is 28.8 Å². The molecule has 0 aromatic heterocycles. The summed E-state index contributed by atoms with van der Waals surface area (Å²) in [4.78, 5) is 2.25. The Hall–Kier alpha value is -0.770. The third-order valence-electron chi connectivity index (χ3n) is 3.10. The van der Waals surface area contributed by atoms with E-state index in [1.807, 2.05) is 12.1 Å². The first kappa shape index (κ1) is 16.3. The molecule has 0 atom stereocenters. The van der Waals surface area contributed by atoms with Gasteiger partial charge in [0.1, 0.15) is 0 Å². The molecule has 0 aliphatic carbocycles. The standard InChI is InChI=1S/C15H25ClN2O/c1-4-5-10-18(2)15-13(7-6-8-14(15)16)12-17-9-11-19-3/h6-8,17H,4-5,9-12H2,1-3H3. The summed E-state index contributed by atoms with van der Waals surface area (Å²) in [6.45, 7) is 5.62. The normalized spacial score (nSPS) is 10.7. The number of rotatable bonds is 9. The average Bonchev–Trinajstić information content (AvgIpc) is 2.41. The average molecular weight is 285 g/mol. The van der Waals surface area contributed by atoms with Crippen LogP contribution in [0.15, 0.2) is 18.2 Å². The number of nitrogens with one attached hydrogen (secondary N) is 1. The Balaban J connectivity index is 2.71. The van der Waals surface area contributed by atoms with Crippen molar-refractivity contribution in [2.24, 2.45) is 0 Å². The van der Waals surface area contributed by atoms with Crippen molar-refractivity contribution in [3.8, 4) is 0 Å². The largest absolute Gasteiger partial charge is 0.383 e. The van der Waals surface area contributed by atoms with Gasteiger partial charge in [-0.1, -0.05) is 37.1 Å². The van der Waals surface area contributed by atoms with E-state index in [-0.39, 0.29) is 0 Å². The second-order valence-corrected chi connectivity index (χ2v) is 5.10. The number of halogens is 1. The van der Waals surface area contributed by atoms with Crippen LogP contribution in [0.25, 0.3) is 0 Å². The van der Waals surface area contributed by atoms with Crippen LogP contribution in [0.4, 0.5) is 5.69 Å². The molecule has 0 amide bonds. The highest BCUT2D eigenvalue weighted by molar-refractivity contribution is 6.33. The van der Waals surface area contributed by atoms with Crippen molar-refractivity contribution in [2.75, 3.05) is 38.8 Å². The van der Waals surface area contributed by atoms with Crippen LogP contribution in [0.5, 0.6) is 0 Å². The van der Waals surface area contributed by atoms with E-state index >= 15 is 0 Å². The highest BCUT2D eigenvalue weighted by Gasteiger charge is 2.10. The van der Waals surface area contributed by atoms with Crippen LogP contribution in [0.3, 0.4) is 0 Å². The Morgan fingerprint density at radius 1 is 1.37 bits per heavy atom. The lowest BCUT2D eigenvalue weighted by Gasteiger charge is -2.24. The number of hydrogen-bond acceptors (Lipinski definition) is 3. The van der Waals surface area contributed by atoms with E-state index in [0.29, 0.717) is 0 Å². The SMILES string of the molecule is CCCCN(C)c1c(Cl)cccc1CNCCOC. The fourth-order valence-corrected chi connectivity index (χ4v) is 2.37. The van der Waals surface area contributed by atoms with E-state index < -0.39 is 0 Å². The molecule has 0 saturated heterocycles. The summed E-state index contributed by atoms with van der Waals surface area (Å²) < 4.78 is 5.04. The number of hydrogen-bond donors (Lipinski definition) is 1. The van der Waals surface area contributed by atoms with Gasteiger partial charge in [-0.3, -0.25) is 0 Å². The summed E-state index contributed by atoms with van der Waals surface area (Å²) in [5.74, 6) is 0. The van der Waals surface area contributed by atoms with Crippen molar-refractivity contribution < 1.29 is 4.74 Å². The maximum Gasteiger partial charge on any atom is 0.0642 e. The molecule has 0 bridgehead atoms. The molecule has 0 aliphatic heterocycles. The third-order valence-corrected chi connectivity index (χ3v) is 3.40.